The van der Waals surface area contributed by atoms with Crippen LogP contribution in [0.5, 0.6) is 5.75 Å². The lowest BCUT2D eigenvalue weighted by molar-refractivity contribution is -0.133. The number of sulfone groups is 1. The summed E-state index contributed by atoms with van der Waals surface area (Å²) in [5.74, 6) is -2.60. The van der Waals surface area contributed by atoms with Crippen molar-refractivity contribution in [3.63, 3.8) is 0 Å². The number of unbranched alkanes of at least 4 members (excludes halogenated alkanes) is 13. The molecule has 10 nitrogen and oxygen atoms in total. The zero-order valence-corrected chi connectivity index (χ0v) is 35.0. The maximum Gasteiger partial charge on any atom is 0.338 e. The number of ketones is 1. The average molecular weight is 804 g/mol. The lowest BCUT2D eigenvalue weighted by Crippen LogP contribution is -2.39. The van der Waals surface area contributed by atoms with E-state index in [1.807, 2.05) is 6.92 Å². The number of Topliss-reactive ketones (excluding diaryl/α,β-unsaturated/α-hetero) is 1. The molecule has 2 N–H and O–H groups in total. The molecule has 0 aliphatic heterocycles. The van der Waals surface area contributed by atoms with Crippen molar-refractivity contribution in [3.05, 3.63) is 47.0 Å². The third kappa shape index (κ3) is 15.2. The largest absolute Gasteiger partial charge is 0.471 e. The second kappa shape index (κ2) is 23.6. The Balaban J connectivity index is 1.56. The summed E-state index contributed by atoms with van der Waals surface area (Å²) in [6.45, 7) is 7.08. The maximum atomic E-state index is 13.5. The van der Waals surface area contributed by atoms with Crippen LogP contribution in [0.4, 0.5) is 11.4 Å². The van der Waals surface area contributed by atoms with Gasteiger partial charge in [-0.3, -0.25) is 14.4 Å². The van der Waals surface area contributed by atoms with Crippen molar-refractivity contribution in [1.29, 1.82) is 0 Å². The molecule has 3 rings (SSSR count). The average Bonchev–Trinajstić information content (AvgIpc) is 3.16. The highest BCUT2D eigenvalue weighted by molar-refractivity contribution is 7.91. The molecular weight excluding hydrogens is 740 g/mol. The van der Waals surface area contributed by atoms with Gasteiger partial charge in [0.15, 0.2) is 15.6 Å². The second-order valence-corrected chi connectivity index (χ2v) is 17.8. The van der Waals surface area contributed by atoms with Crippen LogP contribution in [0.2, 0.25) is 5.02 Å². The Bertz CT molecular complexity index is 1670. The predicted molar refractivity (Wildman–Crippen MR) is 220 cm³/mol. The van der Waals surface area contributed by atoms with Gasteiger partial charge in [-0.15, -0.1) is 0 Å². The van der Waals surface area contributed by atoms with Crippen molar-refractivity contribution < 1.29 is 37.1 Å². The van der Waals surface area contributed by atoms with Gasteiger partial charge in [0.25, 0.3) is 5.91 Å². The van der Waals surface area contributed by atoms with Crippen LogP contribution in [0, 0.1) is 5.41 Å². The van der Waals surface area contributed by atoms with Crippen molar-refractivity contribution in [1.82, 2.24) is 0 Å². The lowest BCUT2D eigenvalue weighted by atomic mass is 9.75. The van der Waals surface area contributed by atoms with Gasteiger partial charge >= 0.3 is 5.97 Å². The number of halogens is 1. The molecular formula is C43H63ClN2O8S. The predicted octanol–water partition coefficient (Wildman–Crippen LogP) is 10.7. The zero-order chi connectivity index (χ0) is 40.3. The fourth-order valence-electron chi connectivity index (χ4n) is 6.84. The van der Waals surface area contributed by atoms with E-state index in [4.69, 9.17) is 21.1 Å². The molecule has 55 heavy (non-hydrogen) atoms. The highest BCUT2D eigenvalue weighted by Crippen LogP contribution is 2.38. The lowest BCUT2D eigenvalue weighted by Gasteiger charge is -2.32. The fourth-order valence-corrected chi connectivity index (χ4v) is 7.91. The number of hydrogen-bond acceptors (Lipinski definition) is 8. The van der Waals surface area contributed by atoms with Crippen LogP contribution in [0.25, 0.3) is 0 Å². The van der Waals surface area contributed by atoms with E-state index in [0.29, 0.717) is 12.8 Å². The summed E-state index contributed by atoms with van der Waals surface area (Å²) in [7, 11) is -3.66. The van der Waals surface area contributed by atoms with Crippen LogP contribution < -0.4 is 15.4 Å². The summed E-state index contributed by atoms with van der Waals surface area (Å²) in [5.41, 5.74) is -0.372. The first-order valence-electron chi connectivity index (χ1n) is 20.4. The third-order valence-electron chi connectivity index (χ3n) is 10.5. The minimum absolute atomic E-state index is 0.0323. The molecule has 0 spiro atoms. The monoisotopic (exact) mass is 802 g/mol. The molecule has 2 amide bonds. The Labute approximate surface area is 334 Å². The normalized spacial score (nSPS) is 14.5. The van der Waals surface area contributed by atoms with Crippen LogP contribution in [-0.4, -0.2) is 50.4 Å². The summed E-state index contributed by atoms with van der Waals surface area (Å²) in [4.78, 5) is 52.6. The Morgan fingerprint density at radius 3 is 1.91 bits per heavy atom. The van der Waals surface area contributed by atoms with E-state index >= 15 is 0 Å². The van der Waals surface area contributed by atoms with Crippen molar-refractivity contribution in [2.45, 2.75) is 161 Å². The Morgan fingerprint density at radius 1 is 0.764 bits per heavy atom. The van der Waals surface area contributed by atoms with E-state index in [9.17, 15) is 27.6 Å². The number of carbonyl (C=O) groups is 4. The molecule has 0 heterocycles. The molecule has 0 aromatic heterocycles. The van der Waals surface area contributed by atoms with Gasteiger partial charge in [0.1, 0.15) is 5.75 Å². The molecule has 12 heteroatoms. The summed E-state index contributed by atoms with van der Waals surface area (Å²) in [6.07, 6.45) is 19.7. The van der Waals surface area contributed by atoms with Crippen LogP contribution in [-0.2, 0) is 29.0 Å². The number of esters is 1. The fraction of sp³-hybridized carbons (Fsp3) is 0.628. The van der Waals surface area contributed by atoms with Gasteiger partial charge in [-0.2, -0.15) is 0 Å². The van der Waals surface area contributed by atoms with Crippen molar-refractivity contribution in [3.8, 4) is 5.75 Å². The summed E-state index contributed by atoms with van der Waals surface area (Å²) < 4.78 is 36.9. The molecule has 2 aromatic carbocycles. The third-order valence-corrected chi connectivity index (χ3v) is 12.5. The van der Waals surface area contributed by atoms with Crippen LogP contribution in [0.1, 0.15) is 160 Å². The molecule has 1 fully saturated rings. The van der Waals surface area contributed by atoms with E-state index in [2.05, 4.69) is 17.6 Å². The Morgan fingerprint density at radius 2 is 1.35 bits per heavy atom. The first-order valence-corrected chi connectivity index (χ1v) is 22.5. The maximum absolute atomic E-state index is 13.5. The molecule has 0 radical (unpaired) electrons. The highest BCUT2D eigenvalue weighted by atomic mass is 35.5. The number of rotatable bonds is 25. The summed E-state index contributed by atoms with van der Waals surface area (Å²) >= 11 is 6.38. The number of amides is 2. The molecule has 1 saturated carbocycles. The molecule has 1 unspecified atom stereocenters. The number of benzene rings is 2. The van der Waals surface area contributed by atoms with Crippen LogP contribution >= 0.6 is 11.6 Å². The number of nitrogens with one attached hydrogen (secondary N) is 2. The molecule has 0 saturated heterocycles. The SMILES string of the molecule is CCCCCCCCCCCCCCCCOC(=O)c1ccc(Cl)c(NC(=O)C(Oc2ccc(S(=O)(=O)CC)cc2NC(=O)C2(C)CCCCC2)C(C)=O)c1. The second-order valence-electron chi connectivity index (χ2n) is 15.2. The van der Waals surface area contributed by atoms with Crippen molar-refractivity contribution in [2.75, 3.05) is 23.0 Å². The highest BCUT2D eigenvalue weighted by Gasteiger charge is 2.36. The Hall–Kier alpha value is -3.44. The molecule has 1 atom stereocenters. The Kier molecular flexibility index (Phi) is 19.7. The molecule has 0 bridgehead atoms. The molecule has 1 aliphatic rings. The minimum Gasteiger partial charge on any atom is -0.471 e. The van der Waals surface area contributed by atoms with E-state index < -0.39 is 39.0 Å². The quantitative estimate of drug-likeness (QED) is 0.0573. The van der Waals surface area contributed by atoms with Gasteiger partial charge in [-0.05, 0) is 62.6 Å². The number of hydrogen-bond donors (Lipinski definition) is 2. The van der Waals surface area contributed by atoms with Crippen LogP contribution in [0.15, 0.2) is 41.3 Å². The first-order chi connectivity index (χ1) is 26.3. The van der Waals surface area contributed by atoms with Gasteiger partial charge < -0.3 is 20.1 Å². The standard InChI is InChI=1S/C43H63ClN2O8S/c1-5-7-8-9-10-11-12-13-14-15-16-17-18-22-29-53-41(49)33-23-25-35(44)36(30-33)45-40(48)39(32(3)47)54-38-26-24-34(55(51,52)6-2)31-37(38)46-42(50)43(4)27-20-19-21-28-43/h23-26,30-31,39H,5-22,27-29H2,1-4H3,(H,45,48)(H,46,50). The molecule has 2 aromatic rings. The van der Waals surface area contributed by atoms with Crippen molar-refractivity contribution >= 4 is 56.4 Å². The van der Waals surface area contributed by atoms with E-state index in [1.165, 1.54) is 121 Å². The van der Waals surface area contributed by atoms with E-state index in [1.54, 1.807) is 0 Å². The van der Waals surface area contributed by atoms with Crippen LogP contribution in [0.3, 0.4) is 0 Å². The minimum atomic E-state index is -3.66. The van der Waals surface area contributed by atoms with E-state index in [0.717, 1.165) is 38.5 Å². The van der Waals surface area contributed by atoms with Crippen molar-refractivity contribution in [2.24, 2.45) is 5.41 Å². The van der Waals surface area contributed by atoms with Gasteiger partial charge in [0.2, 0.25) is 12.0 Å². The zero-order valence-electron chi connectivity index (χ0n) is 33.4. The number of carbonyl (C=O) groups excluding carboxylic acids is 4. The van der Waals surface area contributed by atoms with E-state index in [-0.39, 0.29) is 50.9 Å². The van der Waals surface area contributed by atoms with Gasteiger partial charge in [-0.1, -0.05) is 135 Å². The number of ether oxygens (including phenoxy) is 2. The topological polar surface area (TPSA) is 145 Å². The molecule has 1 aliphatic carbocycles. The molecule has 306 valence electrons. The van der Waals surface area contributed by atoms with Gasteiger partial charge in [0.05, 0.1) is 39.2 Å². The summed E-state index contributed by atoms with van der Waals surface area (Å²) in [6, 6.07) is 8.26. The van der Waals surface area contributed by atoms with Gasteiger partial charge in [0, 0.05) is 5.41 Å². The van der Waals surface area contributed by atoms with Gasteiger partial charge in [-0.25, -0.2) is 13.2 Å². The summed E-state index contributed by atoms with van der Waals surface area (Å²) in [5, 5.41) is 5.53. The first kappa shape index (κ1) is 45.9. The smallest absolute Gasteiger partial charge is 0.338 e. The number of anilines is 2.